The molecule has 0 saturated heterocycles. The molecule has 2 aromatic rings. The van der Waals surface area contributed by atoms with E-state index in [0.717, 1.165) is 5.01 Å². The van der Waals surface area contributed by atoms with Crippen molar-refractivity contribution >= 4 is 17.2 Å². The van der Waals surface area contributed by atoms with Gasteiger partial charge in [-0.3, -0.25) is 4.79 Å². The van der Waals surface area contributed by atoms with Crippen LogP contribution in [0.2, 0.25) is 0 Å². The number of rotatable bonds is 4. The molecule has 1 unspecified atom stereocenters. The van der Waals surface area contributed by atoms with Crippen molar-refractivity contribution in [1.82, 2.24) is 15.5 Å². The van der Waals surface area contributed by atoms with Gasteiger partial charge >= 0.3 is 0 Å². The van der Waals surface area contributed by atoms with Gasteiger partial charge in [0, 0.05) is 11.4 Å². The predicted molar refractivity (Wildman–Crippen MR) is 62.4 cm³/mol. The zero-order chi connectivity index (χ0) is 12.3. The third-order valence-corrected chi connectivity index (χ3v) is 3.11. The van der Waals surface area contributed by atoms with Gasteiger partial charge in [0.2, 0.25) is 0 Å². The number of hydrogen-bond acceptors (Lipinski definition) is 6. The van der Waals surface area contributed by atoms with Crippen molar-refractivity contribution in [1.29, 1.82) is 0 Å². The Kier molecular flexibility index (Phi) is 3.50. The summed E-state index contributed by atoms with van der Waals surface area (Å²) in [4.78, 5) is 15.9. The molecule has 7 heteroatoms. The van der Waals surface area contributed by atoms with Crippen LogP contribution < -0.4 is 11.1 Å². The van der Waals surface area contributed by atoms with Crippen LogP contribution >= 0.6 is 11.3 Å². The van der Waals surface area contributed by atoms with E-state index in [1.54, 1.807) is 11.4 Å². The van der Waals surface area contributed by atoms with Crippen LogP contribution in [0.3, 0.4) is 0 Å². The topological polar surface area (TPSA) is 94.0 Å². The number of carbonyl (C=O) groups excluding carboxylic acids is 1. The lowest BCUT2D eigenvalue weighted by Crippen LogP contribution is -2.23. The largest absolute Gasteiger partial charge is 0.364 e. The van der Waals surface area contributed by atoms with Crippen molar-refractivity contribution in [2.45, 2.75) is 19.5 Å². The molecule has 0 radical (unpaired) electrons. The van der Waals surface area contributed by atoms with Crippen LogP contribution in [0.1, 0.15) is 34.2 Å². The van der Waals surface area contributed by atoms with E-state index in [9.17, 15) is 4.79 Å². The fraction of sp³-hybridized carbons (Fsp3) is 0.300. The van der Waals surface area contributed by atoms with Crippen LogP contribution in [0.5, 0.6) is 0 Å². The first-order valence-corrected chi connectivity index (χ1v) is 5.93. The van der Waals surface area contributed by atoms with Crippen LogP contribution in [0.15, 0.2) is 22.2 Å². The number of nitrogens with zero attached hydrogens (tertiary/aromatic N) is 2. The van der Waals surface area contributed by atoms with Gasteiger partial charge in [0.05, 0.1) is 12.6 Å². The molecule has 2 rings (SSSR count). The van der Waals surface area contributed by atoms with Gasteiger partial charge in [0.25, 0.3) is 5.91 Å². The Morgan fingerprint density at radius 3 is 3.12 bits per heavy atom. The van der Waals surface area contributed by atoms with E-state index < -0.39 is 0 Å². The number of amides is 1. The lowest BCUT2D eigenvalue weighted by atomic mass is 10.3. The average molecular weight is 252 g/mol. The Balaban J connectivity index is 1.95. The smallest absolute Gasteiger partial charge is 0.271 e. The zero-order valence-corrected chi connectivity index (χ0v) is 10.0. The summed E-state index contributed by atoms with van der Waals surface area (Å²) in [7, 11) is 0. The minimum atomic E-state index is -0.240. The Morgan fingerprint density at radius 1 is 1.71 bits per heavy atom. The summed E-state index contributed by atoms with van der Waals surface area (Å²) in [5.74, 6) is -0.240. The van der Waals surface area contributed by atoms with E-state index in [1.165, 1.54) is 17.6 Å². The Hall–Kier alpha value is -1.73. The molecule has 0 aliphatic carbocycles. The summed E-state index contributed by atoms with van der Waals surface area (Å²) in [6, 6.07) is 1.53. The standard InChI is InChI=1S/C10H12N4O2S/c1-6(11)10-13-8(5-17-10)9(15)12-4-7-2-3-16-14-7/h2-3,5-6H,4,11H2,1H3,(H,12,15). The molecule has 1 atom stereocenters. The normalized spacial score (nSPS) is 12.4. The molecule has 2 heterocycles. The Morgan fingerprint density at radius 2 is 2.53 bits per heavy atom. The maximum Gasteiger partial charge on any atom is 0.271 e. The molecular formula is C10H12N4O2S. The van der Waals surface area contributed by atoms with Crippen molar-refractivity contribution in [2.75, 3.05) is 0 Å². The van der Waals surface area contributed by atoms with Crippen molar-refractivity contribution in [2.24, 2.45) is 5.73 Å². The second-order valence-corrected chi connectivity index (χ2v) is 4.42. The second kappa shape index (κ2) is 5.07. The molecule has 90 valence electrons. The number of thiazole rings is 1. The SMILES string of the molecule is CC(N)c1nc(C(=O)NCc2ccon2)cs1. The third-order valence-electron chi connectivity index (χ3n) is 2.07. The van der Waals surface area contributed by atoms with Crippen LogP contribution in [-0.4, -0.2) is 16.0 Å². The first-order valence-electron chi connectivity index (χ1n) is 5.05. The Bertz CT molecular complexity index is 492. The fourth-order valence-corrected chi connectivity index (χ4v) is 1.95. The van der Waals surface area contributed by atoms with Gasteiger partial charge in [-0.05, 0) is 6.92 Å². The highest BCUT2D eigenvalue weighted by molar-refractivity contribution is 7.09. The van der Waals surface area contributed by atoms with Gasteiger partial charge in [-0.25, -0.2) is 4.98 Å². The number of carbonyl (C=O) groups is 1. The molecule has 3 N–H and O–H groups in total. The summed E-state index contributed by atoms with van der Waals surface area (Å²) >= 11 is 1.38. The van der Waals surface area contributed by atoms with Gasteiger partial charge in [-0.1, -0.05) is 5.16 Å². The third kappa shape index (κ3) is 2.89. The monoisotopic (exact) mass is 252 g/mol. The number of nitrogens with one attached hydrogen (secondary N) is 1. The molecule has 0 bridgehead atoms. The average Bonchev–Trinajstić information content (AvgIpc) is 2.96. The van der Waals surface area contributed by atoms with Gasteiger partial charge in [0.15, 0.2) is 0 Å². The maximum atomic E-state index is 11.7. The maximum absolute atomic E-state index is 11.7. The molecule has 17 heavy (non-hydrogen) atoms. The highest BCUT2D eigenvalue weighted by atomic mass is 32.1. The van der Waals surface area contributed by atoms with Gasteiger partial charge < -0.3 is 15.6 Å². The molecule has 2 aromatic heterocycles. The van der Waals surface area contributed by atoms with Crippen LogP contribution in [0.4, 0.5) is 0 Å². The van der Waals surface area contributed by atoms with Gasteiger partial charge in [-0.15, -0.1) is 11.3 Å². The Labute approximate surface area is 102 Å². The first-order chi connectivity index (χ1) is 8.16. The molecule has 1 amide bonds. The van der Waals surface area contributed by atoms with E-state index in [0.29, 0.717) is 17.9 Å². The van der Waals surface area contributed by atoms with E-state index in [1.807, 2.05) is 6.92 Å². The quantitative estimate of drug-likeness (QED) is 0.849. The molecule has 0 spiro atoms. The highest BCUT2D eigenvalue weighted by Crippen LogP contribution is 2.15. The van der Waals surface area contributed by atoms with Crippen LogP contribution in [-0.2, 0) is 6.54 Å². The fourth-order valence-electron chi connectivity index (χ4n) is 1.19. The summed E-state index contributed by atoms with van der Waals surface area (Å²) < 4.78 is 4.66. The number of aromatic nitrogens is 2. The predicted octanol–water partition coefficient (Wildman–Crippen LogP) is 1.08. The summed E-state index contributed by atoms with van der Waals surface area (Å²) in [5.41, 5.74) is 6.72. The molecule has 6 nitrogen and oxygen atoms in total. The van der Waals surface area contributed by atoms with Crippen molar-refractivity contribution < 1.29 is 9.32 Å². The molecule has 0 aliphatic heterocycles. The molecule has 0 saturated carbocycles. The second-order valence-electron chi connectivity index (χ2n) is 3.53. The van der Waals surface area contributed by atoms with E-state index >= 15 is 0 Å². The number of nitrogens with two attached hydrogens (primary N) is 1. The van der Waals surface area contributed by atoms with Crippen molar-refractivity contribution in [3.63, 3.8) is 0 Å². The van der Waals surface area contributed by atoms with Crippen molar-refractivity contribution in [3.8, 4) is 0 Å². The van der Waals surface area contributed by atoms with Crippen LogP contribution in [0.25, 0.3) is 0 Å². The zero-order valence-electron chi connectivity index (χ0n) is 9.21. The van der Waals surface area contributed by atoms with Crippen LogP contribution in [0, 0.1) is 0 Å². The van der Waals surface area contributed by atoms with E-state index in [-0.39, 0.29) is 11.9 Å². The summed E-state index contributed by atoms with van der Waals surface area (Å²) in [5, 5.41) is 8.82. The highest BCUT2D eigenvalue weighted by Gasteiger charge is 2.12. The summed E-state index contributed by atoms with van der Waals surface area (Å²) in [6.07, 6.45) is 1.46. The lowest BCUT2D eigenvalue weighted by molar-refractivity contribution is 0.0945. The van der Waals surface area contributed by atoms with Crippen molar-refractivity contribution in [3.05, 3.63) is 34.1 Å². The molecule has 0 aliphatic rings. The summed E-state index contributed by atoms with van der Waals surface area (Å²) in [6.45, 7) is 2.15. The molecular weight excluding hydrogens is 240 g/mol. The van der Waals surface area contributed by atoms with E-state index in [2.05, 4.69) is 20.0 Å². The lowest BCUT2D eigenvalue weighted by Gasteiger charge is -2.00. The molecule has 0 aromatic carbocycles. The van der Waals surface area contributed by atoms with E-state index in [4.69, 9.17) is 5.73 Å². The van der Waals surface area contributed by atoms with Gasteiger partial charge in [-0.2, -0.15) is 0 Å². The number of hydrogen-bond donors (Lipinski definition) is 2. The molecule has 0 fully saturated rings. The minimum Gasteiger partial charge on any atom is -0.364 e. The first kappa shape index (κ1) is 11.7. The van der Waals surface area contributed by atoms with Gasteiger partial charge in [0.1, 0.15) is 22.7 Å². The minimum absolute atomic E-state index is 0.155.